The number of esters is 2. The number of carbonyl (C=O) groups is 2. The standard InChI is InChI=1S/C19H20N2O6/c22-17-15(18(23)27-19(26-17)7-1-2-8-19)12-13-11-14(21(24)25)5-6-16(13)20-9-3-4-10-20/h5-6,11-12H,1-4,7-10H2. The summed E-state index contributed by atoms with van der Waals surface area (Å²) in [7, 11) is 0. The first kappa shape index (κ1) is 17.5. The molecule has 3 aliphatic rings. The van der Waals surface area contributed by atoms with Gasteiger partial charge in [-0.15, -0.1) is 0 Å². The first-order valence-corrected chi connectivity index (χ1v) is 9.19. The van der Waals surface area contributed by atoms with Crippen molar-refractivity contribution in [3.63, 3.8) is 0 Å². The highest BCUT2D eigenvalue weighted by molar-refractivity contribution is 6.19. The minimum absolute atomic E-state index is 0.102. The van der Waals surface area contributed by atoms with Gasteiger partial charge in [-0.3, -0.25) is 10.1 Å². The fraction of sp³-hybridized carbons (Fsp3) is 0.474. The lowest BCUT2D eigenvalue weighted by molar-refractivity contribution is -0.384. The Morgan fingerprint density at radius 2 is 1.67 bits per heavy atom. The Bertz CT molecular complexity index is 813. The van der Waals surface area contributed by atoms with Gasteiger partial charge in [0, 0.05) is 49.3 Å². The van der Waals surface area contributed by atoms with Crippen molar-refractivity contribution in [2.45, 2.75) is 44.3 Å². The van der Waals surface area contributed by atoms with Crippen LogP contribution in [0.2, 0.25) is 0 Å². The Balaban J connectivity index is 1.71. The van der Waals surface area contributed by atoms with E-state index in [2.05, 4.69) is 4.90 Å². The zero-order valence-corrected chi connectivity index (χ0v) is 14.8. The van der Waals surface area contributed by atoms with Crippen LogP contribution in [-0.2, 0) is 19.1 Å². The van der Waals surface area contributed by atoms with Gasteiger partial charge in [-0.1, -0.05) is 0 Å². The molecule has 1 aliphatic carbocycles. The van der Waals surface area contributed by atoms with E-state index in [1.807, 2.05) is 0 Å². The van der Waals surface area contributed by atoms with E-state index in [0.29, 0.717) is 18.4 Å². The van der Waals surface area contributed by atoms with Gasteiger partial charge in [0.15, 0.2) is 0 Å². The van der Waals surface area contributed by atoms with Crippen molar-refractivity contribution in [2.24, 2.45) is 0 Å². The van der Waals surface area contributed by atoms with Crippen molar-refractivity contribution >= 4 is 29.4 Å². The molecule has 0 bridgehead atoms. The first-order chi connectivity index (χ1) is 13.0. The number of nitrogens with zero attached hydrogens (tertiary/aromatic N) is 2. The van der Waals surface area contributed by atoms with Crippen molar-refractivity contribution in [1.29, 1.82) is 0 Å². The molecule has 27 heavy (non-hydrogen) atoms. The molecule has 2 saturated heterocycles. The summed E-state index contributed by atoms with van der Waals surface area (Å²) < 4.78 is 10.9. The van der Waals surface area contributed by atoms with Crippen LogP contribution in [0.1, 0.15) is 44.1 Å². The van der Waals surface area contributed by atoms with E-state index in [9.17, 15) is 19.7 Å². The van der Waals surface area contributed by atoms with Gasteiger partial charge in [-0.25, -0.2) is 9.59 Å². The highest BCUT2D eigenvalue weighted by Gasteiger charge is 2.48. The first-order valence-electron chi connectivity index (χ1n) is 9.19. The number of non-ortho nitro benzene ring substituents is 1. The van der Waals surface area contributed by atoms with Crippen LogP contribution in [0.3, 0.4) is 0 Å². The summed E-state index contributed by atoms with van der Waals surface area (Å²) in [6.45, 7) is 1.65. The summed E-state index contributed by atoms with van der Waals surface area (Å²) >= 11 is 0. The lowest BCUT2D eigenvalue weighted by Gasteiger charge is -2.33. The van der Waals surface area contributed by atoms with Crippen molar-refractivity contribution in [1.82, 2.24) is 0 Å². The fourth-order valence-corrected chi connectivity index (χ4v) is 3.96. The van der Waals surface area contributed by atoms with E-state index in [4.69, 9.17) is 9.47 Å². The zero-order chi connectivity index (χ0) is 19.0. The normalized spacial score (nSPS) is 21.3. The summed E-state index contributed by atoms with van der Waals surface area (Å²) in [6.07, 6.45) is 6.10. The van der Waals surface area contributed by atoms with Gasteiger partial charge in [0.05, 0.1) is 4.92 Å². The average molecular weight is 372 g/mol. The van der Waals surface area contributed by atoms with Crippen LogP contribution in [0.15, 0.2) is 23.8 Å². The second kappa shape index (κ2) is 6.68. The van der Waals surface area contributed by atoms with Crippen LogP contribution in [0.25, 0.3) is 6.08 Å². The predicted octanol–water partition coefficient (Wildman–Crippen LogP) is 2.95. The molecule has 0 unspecified atom stereocenters. The molecule has 142 valence electrons. The second-order valence-corrected chi connectivity index (χ2v) is 7.15. The van der Waals surface area contributed by atoms with E-state index in [1.165, 1.54) is 18.2 Å². The van der Waals surface area contributed by atoms with Crippen LogP contribution >= 0.6 is 0 Å². The number of nitro groups is 1. The molecule has 0 atom stereocenters. The Morgan fingerprint density at radius 3 is 2.26 bits per heavy atom. The monoisotopic (exact) mass is 372 g/mol. The molecule has 3 fully saturated rings. The number of carbonyl (C=O) groups excluding carboxylic acids is 2. The molecule has 0 N–H and O–H groups in total. The van der Waals surface area contributed by atoms with Crippen LogP contribution in [-0.4, -0.2) is 35.7 Å². The fourth-order valence-electron chi connectivity index (χ4n) is 3.96. The van der Waals surface area contributed by atoms with Crippen LogP contribution in [0.4, 0.5) is 11.4 Å². The third-order valence-corrected chi connectivity index (χ3v) is 5.33. The Labute approximate surface area is 155 Å². The quantitative estimate of drug-likeness (QED) is 0.264. The summed E-state index contributed by atoms with van der Waals surface area (Å²) in [5.41, 5.74) is 0.868. The van der Waals surface area contributed by atoms with Gasteiger partial charge in [0.2, 0.25) is 0 Å². The SMILES string of the molecule is O=C1OC2(CCCC2)OC(=O)C1=Cc1cc([N+](=O)[O-])ccc1N1CCCC1. The summed E-state index contributed by atoms with van der Waals surface area (Å²) in [6, 6.07) is 4.47. The number of hydrogen-bond acceptors (Lipinski definition) is 7. The number of nitro benzene ring substituents is 1. The van der Waals surface area contributed by atoms with E-state index >= 15 is 0 Å². The third kappa shape index (κ3) is 3.27. The van der Waals surface area contributed by atoms with E-state index in [1.54, 1.807) is 6.07 Å². The lowest BCUT2D eigenvalue weighted by Crippen LogP contribution is -2.44. The molecule has 1 spiro atoms. The van der Waals surface area contributed by atoms with Crippen LogP contribution < -0.4 is 4.90 Å². The number of benzene rings is 1. The van der Waals surface area contributed by atoms with Crippen LogP contribution in [0.5, 0.6) is 0 Å². The maximum absolute atomic E-state index is 12.5. The second-order valence-electron chi connectivity index (χ2n) is 7.15. The van der Waals surface area contributed by atoms with Gasteiger partial charge in [0.25, 0.3) is 11.5 Å². The van der Waals surface area contributed by atoms with Crippen molar-refractivity contribution in [3.05, 3.63) is 39.4 Å². The molecule has 0 aromatic heterocycles. The number of ether oxygens (including phenoxy) is 2. The minimum atomic E-state index is -1.13. The van der Waals surface area contributed by atoms with Gasteiger partial charge in [-0.2, -0.15) is 0 Å². The molecule has 8 nitrogen and oxygen atoms in total. The smallest absolute Gasteiger partial charge is 0.348 e. The lowest BCUT2D eigenvalue weighted by atomic mass is 10.1. The highest BCUT2D eigenvalue weighted by Crippen LogP contribution is 2.39. The summed E-state index contributed by atoms with van der Waals surface area (Å²) in [5, 5.41) is 11.2. The van der Waals surface area contributed by atoms with Crippen LogP contribution in [0, 0.1) is 10.1 Å². The van der Waals surface area contributed by atoms with Crippen molar-refractivity contribution in [3.8, 4) is 0 Å². The molecule has 1 aromatic carbocycles. The molecule has 0 amide bonds. The molecular formula is C19H20N2O6. The number of rotatable bonds is 3. The Hall–Kier alpha value is -2.90. The molecule has 2 aliphatic heterocycles. The molecule has 1 saturated carbocycles. The van der Waals surface area contributed by atoms with Gasteiger partial charge >= 0.3 is 11.9 Å². The summed E-state index contributed by atoms with van der Waals surface area (Å²) in [4.78, 5) is 37.7. The molecule has 1 aromatic rings. The molecule has 0 radical (unpaired) electrons. The maximum Gasteiger partial charge on any atom is 0.348 e. The Kier molecular flexibility index (Phi) is 4.33. The van der Waals surface area contributed by atoms with Crippen molar-refractivity contribution < 1.29 is 24.0 Å². The van der Waals surface area contributed by atoms with E-state index in [0.717, 1.165) is 44.5 Å². The minimum Gasteiger partial charge on any atom is -0.419 e. The molecule has 4 rings (SSSR count). The van der Waals surface area contributed by atoms with Gasteiger partial charge in [-0.05, 0) is 37.8 Å². The van der Waals surface area contributed by atoms with E-state index in [-0.39, 0.29) is 11.3 Å². The van der Waals surface area contributed by atoms with E-state index < -0.39 is 22.6 Å². The molecule has 8 heteroatoms. The third-order valence-electron chi connectivity index (χ3n) is 5.33. The highest BCUT2D eigenvalue weighted by atomic mass is 16.7. The topological polar surface area (TPSA) is 99.0 Å². The Morgan fingerprint density at radius 1 is 1.04 bits per heavy atom. The molecular weight excluding hydrogens is 352 g/mol. The predicted molar refractivity (Wildman–Crippen MR) is 95.9 cm³/mol. The van der Waals surface area contributed by atoms with Gasteiger partial charge in [0.1, 0.15) is 5.57 Å². The number of anilines is 1. The summed E-state index contributed by atoms with van der Waals surface area (Å²) in [5.74, 6) is -2.59. The van der Waals surface area contributed by atoms with Crippen molar-refractivity contribution in [2.75, 3.05) is 18.0 Å². The maximum atomic E-state index is 12.5. The van der Waals surface area contributed by atoms with Gasteiger partial charge < -0.3 is 14.4 Å². The number of hydrogen-bond donors (Lipinski definition) is 0. The zero-order valence-electron chi connectivity index (χ0n) is 14.8. The molecule has 2 heterocycles. The average Bonchev–Trinajstić information content (AvgIpc) is 3.30. The largest absolute Gasteiger partial charge is 0.419 e.